The minimum atomic E-state index is -4.44. The van der Waals surface area contributed by atoms with Crippen LogP contribution >= 0.6 is 0 Å². The average Bonchev–Trinajstić information content (AvgIpc) is 2.92. The molecule has 0 aliphatic rings. The molecule has 1 aromatic heterocycles. The molecule has 1 heterocycles. The zero-order valence-electron chi connectivity index (χ0n) is 13.0. The highest BCUT2D eigenvalue weighted by Gasteiger charge is 2.30. The number of nitrogens with zero attached hydrogens (tertiary/aromatic N) is 2. The van der Waals surface area contributed by atoms with Crippen LogP contribution in [0, 0.1) is 0 Å². The normalized spacial score (nSPS) is 12.8. The van der Waals surface area contributed by atoms with Crippen molar-refractivity contribution in [3.05, 3.63) is 47.2 Å². The fourth-order valence-corrected chi connectivity index (χ4v) is 2.07. The molecule has 0 aliphatic carbocycles. The molecule has 0 aliphatic heterocycles. The van der Waals surface area contributed by atoms with Gasteiger partial charge >= 0.3 is 6.18 Å². The third-order valence-electron chi connectivity index (χ3n) is 3.31. The Labute approximate surface area is 135 Å². The van der Waals surface area contributed by atoms with Crippen LogP contribution in [0.25, 0.3) is 0 Å². The molecule has 9 heteroatoms. The number of hydrogen-bond acceptors (Lipinski definition) is 4. The molecule has 2 aromatic rings. The van der Waals surface area contributed by atoms with E-state index in [0.717, 1.165) is 12.1 Å². The lowest BCUT2D eigenvalue weighted by Crippen LogP contribution is -2.28. The summed E-state index contributed by atoms with van der Waals surface area (Å²) in [6.45, 7) is -0.164. The number of rotatable bonds is 5. The van der Waals surface area contributed by atoms with Gasteiger partial charge in [0.05, 0.1) is 18.8 Å². The highest BCUT2D eigenvalue weighted by Crippen LogP contribution is 2.29. The van der Waals surface area contributed by atoms with Crippen molar-refractivity contribution in [1.82, 2.24) is 15.1 Å². The molecule has 130 valence electrons. The van der Waals surface area contributed by atoms with Gasteiger partial charge in [-0.15, -0.1) is 5.10 Å². The van der Waals surface area contributed by atoms with Crippen LogP contribution in [0.5, 0.6) is 5.88 Å². The van der Waals surface area contributed by atoms with Gasteiger partial charge in [0, 0.05) is 19.8 Å². The maximum absolute atomic E-state index is 12.5. The van der Waals surface area contributed by atoms with E-state index in [0.29, 0.717) is 0 Å². The minimum absolute atomic E-state index is 0.138. The molecule has 0 bridgehead atoms. The zero-order chi connectivity index (χ0) is 17.9. The van der Waals surface area contributed by atoms with Crippen LogP contribution in [-0.2, 0) is 13.2 Å². The number of ether oxygens (including phenoxy) is 1. The molecular formula is C15H16F3N3O3. The number of methoxy groups -OCH3 is 1. The van der Waals surface area contributed by atoms with Gasteiger partial charge < -0.3 is 15.2 Å². The van der Waals surface area contributed by atoms with Crippen LogP contribution in [-0.4, -0.2) is 34.4 Å². The Morgan fingerprint density at radius 1 is 1.38 bits per heavy atom. The number of halogens is 3. The first-order chi connectivity index (χ1) is 11.2. The summed E-state index contributed by atoms with van der Waals surface area (Å²) in [5.41, 5.74) is -0.344. The predicted molar refractivity (Wildman–Crippen MR) is 78.5 cm³/mol. The van der Waals surface area contributed by atoms with E-state index in [4.69, 9.17) is 4.74 Å². The lowest BCUT2D eigenvalue weighted by molar-refractivity contribution is -0.137. The number of hydrogen-bond donors (Lipinski definition) is 2. The van der Waals surface area contributed by atoms with Gasteiger partial charge in [0.2, 0.25) is 5.88 Å². The maximum Gasteiger partial charge on any atom is 0.416 e. The van der Waals surface area contributed by atoms with Gasteiger partial charge in [-0.25, -0.2) is 0 Å². The molecule has 6 nitrogen and oxygen atoms in total. The Morgan fingerprint density at radius 3 is 2.54 bits per heavy atom. The third-order valence-corrected chi connectivity index (χ3v) is 3.31. The van der Waals surface area contributed by atoms with Gasteiger partial charge in [0.15, 0.2) is 0 Å². The molecule has 2 rings (SSSR count). The summed E-state index contributed by atoms with van der Waals surface area (Å²) in [4.78, 5) is 12.1. The fourth-order valence-electron chi connectivity index (χ4n) is 2.07. The van der Waals surface area contributed by atoms with E-state index in [1.165, 1.54) is 30.1 Å². The Morgan fingerprint density at radius 2 is 2.00 bits per heavy atom. The maximum atomic E-state index is 12.5. The summed E-state index contributed by atoms with van der Waals surface area (Å²) < 4.78 is 43.9. The van der Waals surface area contributed by atoms with Crippen molar-refractivity contribution in [1.29, 1.82) is 0 Å². The van der Waals surface area contributed by atoms with Crippen molar-refractivity contribution in [2.24, 2.45) is 7.05 Å². The Kier molecular flexibility index (Phi) is 5.13. The summed E-state index contributed by atoms with van der Waals surface area (Å²) in [5.74, 6) is -0.370. The van der Waals surface area contributed by atoms with Crippen molar-refractivity contribution in [2.75, 3.05) is 13.7 Å². The van der Waals surface area contributed by atoms with Crippen LogP contribution in [0.1, 0.15) is 27.6 Å². The van der Waals surface area contributed by atoms with Crippen molar-refractivity contribution >= 4 is 5.91 Å². The summed E-state index contributed by atoms with van der Waals surface area (Å²) in [6, 6.07) is 4.10. The summed E-state index contributed by atoms with van der Waals surface area (Å²) in [5, 5.41) is 16.4. The molecule has 1 aromatic carbocycles. The van der Waals surface area contributed by atoms with Crippen molar-refractivity contribution in [3.8, 4) is 5.88 Å². The second kappa shape index (κ2) is 6.91. The number of aliphatic hydroxyl groups is 1. The Hall–Kier alpha value is -2.55. The third kappa shape index (κ3) is 4.05. The van der Waals surface area contributed by atoms with Crippen LogP contribution in [0.2, 0.25) is 0 Å². The van der Waals surface area contributed by atoms with E-state index in [9.17, 15) is 23.1 Å². The molecule has 0 saturated carbocycles. The SMILES string of the molecule is COc1nn(C)cc1C(=O)NCC(O)c1ccc(C(F)(F)F)cc1. The van der Waals surface area contributed by atoms with Crippen LogP contribution in [0.3, 0.4) is 0 Å². The molecule has 0 saturated heterocycles. The van der Waals surface area contributed by atoms with Crippen LogP contribution in [0.4, 0.5) is 13.2 Å². The van der Waals surface area contributed by atoms with Gasteiger partial charge in [-0.1, -0.05) is 12.1 Å². The van der Waals surface area contributed by atoms with Crippen molar-refractivity contribution in [2.45, 2.75) is 12.3 Å². The number of aliphatic hydroxyl groups excluding tert-OH is 1. The Balaban J connectivity index is 1.99. The number of carbonyl (C=O) groups is 1. The summed E-state index contributed by atoms with van der Waals surface area (Å²) >= 11 is 0. The first kappa shape index (κ1) is 17.8. The molecular weight excluding hydrogens is 327 g/mol. The monoisotopic (exact) mass is 343 g/mol. The van der Waals surface area contributed by atoms with E-state index < -0.39 is 23.8 Å². The van der Waals surface area contributed by atoms with Gasteiger partial charge in [0.25, 0.3) is 5.91 Å². The second-order valence-corrected chi connectivity index (χ2v) is 5.07. The lowest BCUT2D eigenvalue weighted by atomic mass is 10.1. The average molecular weight is 343 g/mol. The van der Waals surface area contributed by atoms with Crippen LogP contribution in [0.15, 0.2) is 30.5 Å². The first-order valence-corrected chi connectivity index (χ1v) is 6.93. The van der Waals surface area contributed by atoms with Gasteiger partial charge in [-0.05, 0) is 17.7 Å². The minimum Gasteiger partial charge on any atom is -0.479 e. The number of benzene rings is 1. The molecule has 0 fully saturated rings. The van der Waals surface area contributed by atoms with E-state index >= 15 is 0 Å². The molecule has 2 N–H and O–H groups in total. The van der Waals surface area contributed by atoms with Crippen LogP contribution < -0.4 is 10.1 Å². The Bertz CT molecular complexity index is 711. The summed E-state index contributed by atoms with van der Waals surface area (Å²) in [6.07, 6.45) is -4.12. The predicted octanol–water partition coefficient (Wildman–Crippen LogP) is 1.91. The molecule has 1 amide bonds. The van der Waals surface area contributed by atoms with Gasteiger partial charge in [-0.3, -0.25) is 9.48 Å². The number of alkyl halides is 3. The number of aryl methyl sites for hydroxylation is 1. The second-order valence-electron chi connectivity index (χ2n) is 5.07. The standard InChI is InChI=1S/C15H16F3N3O3/c1-21-8-11(14(20-21)24-2)13(23)19-7-12(22)9-3-5-10(6-4-9)15(16,17)18/h3-6,8,12,22H,7H2,1-2H3,(H,19,23). The highest BCUT2D eigenvalue weighted by atomic mass is 19.4. The number of nitrogens with one attached hydrogen (secondary N) is 1. The smallest absolute Gasteiger partial charge is 0.416 e. The molecule has 24 heavy (non-hydrogen) atoms. The molecule has 0 spiro atoms. The fraction of sp³-hybridized carbons (Fsp3) is 0.333. The quantitative estimate of drug-likeness (QED) is 0.870. The van der Waals surface area contributed by atoms with E-state index in [2.05, 4.69) is 10.4 Å². The van der Waals surface area contributed by atoms with E-state index in [-0.39, 0.29) is 23.6 Å². The van der Waals surface area contributed by atoms with Gasteiger partial charge in [0.1, 0.15) is 5.56 Å². The van der Waals surface area contributed by atoms with E-state index in [1.54, 1.807) is 7.05 Å². The van der Waals surface area contributed by atoms with Gasteiger partial charge in [-0.2, -0.15) is 13.2 Å². The topological polar surface area (TPSA) is 76.4 Å². The highest BCUT2D eigenvalue weighted by molar-refractivity contribution is 5.96. The number of aromatic nitrogens is 2. The number of amides is 1. The first-order valence-electron chi connectivity index (χ1n) is 6.93. The van der Waals surface area contributed by atoms with Crippen molar-refractivity contribution < 1.29 is 27.8 Å². The van der Waals surface area contributed by atoms with E-state index in [1.807, 2.05) is 0 Å². The zero-order valence-corrected chi connectivity index (χ0v) is 13.0. The number of carbonyl (C=O) groups excluding carboxylic acids is 1. The van der Waals surface area contributed by atoms with Crippen molar-refractivity contribution in [3.63, 3.8) is 0 Å². The lowest BCUT2D eigenvalue weighted by Gasteiger charge is -2.13. The summed E-state index contributed by atoms with van der Waals surface area (Å²) in [7, 11) is 2.99. The largest absolute Gasteiger partial charge is 0.479 e. The molecule has 0 radical (unpaired) electrons. The molecule has 1 unspecified atom stereocenters. The molecule has 1 atom stereocenters.